The van der Waals surface area contributed by atoms with Gasteiger partial charge in [0.2, 0.25) is 0 Å². The van der Waals surface area contributed by atoms with Crippen LogP contribution in [0.5, 0.6) is 0 Å². The first-order chi connectivity index (χ1) is 13.0. The quantitative estimate of drug-likeness (QED) is 0.430. The van der Waals surface area contributed by atoms with E-state index in [4.69, 9.17) is 23.8 Å². The molecule has 0 aromatic carbocycles. The van der Waals surface area contributed by atoms with E-state index < -0.39 is 7.67 Å². The van der Waals surface area contributed by atoms with Gasteiger partial charge in [0, 0.05) is 32.7 Å². The Bertz CT molecular complexity index is 502. The molecule has 2 atom stereocenters. The van der Waals surface area contributed by atoms with Gasteiger partial charge >= 0.3 is 13.8 Å². The molecule has 2 fully saturated rings. The fourth-order valence-corrected chi connectivity index (χ4v) is 5.43. The Balaban J connectivity index is 1.62. The number of carbonyl (C=O) groups excluding carboxylic acids is 1. The second-order valence-electron chi connectivity index (χ2n) is 6.74. The Morgan fingerprint density at radius 3 is 2.37 bits per heavy atom. The molecule has 0 radical (unpaired) electrons. The molecule has 11 heteroatoms. The summed E-state index contributed by atoms with van der Waals surface area (Å²) in [7, 11) is -1.15. The summed E-state index contributed by atoms with van der Waals surface area (Å²) in [6, 6.07) is 0. The predicted molar refractivity (Wildman–Crippen MR) is 98.6 cm³/mol. The zero-order valence-electron chi connectivity index (χ0n) is 16.2. The van der Waals surface area contributed by atoms with E-state index in [1.807, 2.05) is 11.7 Å². The fraction of sp³-hybridized carbons (Fsp3) is 0.938. The number of ether oxygens (including phenoxy) is 3. The molecule has 2 aliphatic heterocycles. The third kappa shape index (κ3) is 6.67. The van der Waals surface area contributed by atoms with E-state index in [-0.39, 0.29) is 25.9 Å². The lowest BCUT2D eigenvalue weighted by Crippen LogP contribution is -2.50. The molecule has 2 rings (SSSR count). The second kappa shape index (κ2) is 11.3. The van der Waals surface area contributed by atoms with E-state index >= 15 is 0 Å². The monoisotopic (exact) mass is 409 g/mol. The normalized spacial score (nSPS) is 27.7. The van der Waals surface area contributed by atoms with Crippen molar-refractivity contribution in [2.24, 2.45) is 5.92 Å². The number of carbonyl (C=O) groups is 1. The Kier molecular flexibility index (Phi) is 9.44. The maximum atomic E-state index is 13.1. The summed E-state index contributed by atoms with van der Waals surface area (Å²) < 4.78 is 38.0. The first-order valence-electron chi connectivity index (χ1n) is 9.37. The Hall–Kier alpha value is -0.740. The maximum absolute atomic E-state index is 13.1. The molecule has 2 saturated heterocycles. The molecule has 2 heterocycles. The maximum Gasteiger partial charge on any atom is 0.409 e. The lowest BCUT2D eigenvalue weighted by atomic mass is 10.2. The molecular formula is C16H32N3O7P. The van der Waals surface area contributed by atoms with E-state index in [0.29, 0.717) is 58.5 Å². The van der Waals surface area contributed by atoms with Crippen LogP contribution in [0.3, 0.4) is 0 Å². The first-order valence-corrected chi connectivity index (χ1v) is 10.9. The number of piperazine rings is 1. The molecule has 0 spiro atoms. The van der Waals surface area contributed by atoms with Gasteiger partial charge in [0.25, 0.3) is 0 Å². The van der Waals surface area contributed by atoms with Crippen molar-refractivity contribution in [3.05, 3.63) is 0 Å². The molecule has 1 amide bonds. The minimum absolute atomic E-state index is 0.0120. The van der Waals surface area contributed by atoms with Crippen molar-refractivity contribution in [2.75, 3.05) is 86.0 Å². The number of aliphatic hydroxyl groups excluding tert-OH is 1. The summed E-state index contributed by atoms with van der Waals surface area (Å²) >= 11 is 0. The third-order valence-corrected chi connectivity index (χ3v) is 7.09. The van der Waals surface area contributed by atoms with Gasteiger partial charge in [-0.05, 0) is 13.0 Å². The van der Waals surface area contributed by atoms with Gasteiger partial charge in [-0.15, -0.1) is 0 Å². The minimum Gasteiger partial charge on any atom is -0.447 e. The Morgan fingerprint density at radius 1 is 1.11 bits per heavy atom. The topological polar surface area (TPSA) is 101 Å². The summed E-state index contributed by atoms with van der Waals surface area (Å²) in [4.78, 5) is 13.7. The molecular weight excluding hydrogens is 377 g/mol. The van der Waals surface area contributed by atoms with Crippen molar-refractivity contribution < 1.29 is 33.2 Å². The molecule has 10 nitrogen and oxygen atoms in total. The van der Waals surface area contributed by atoms with E-state index in [2.05, 4.69) is 6.92 Å². The molecule has 0 aliphatic carbocycles. The van der Waals surface area contributed by atoms with Gasteiger partial charge in [0.1, 0.15) is 6.61 Å². The SMILES string of the molecule is CC1COP(=O)(N2CCN(C(=O)OCCOCCOCCO)CC2)N(C)C1. The van der Waals surface area contributed by atoms with Crippen molar-refractivity contribution in [2.45, 2.75) is 6.92 Å². The van der Waals surface area contributed by atoms with Crippen LogP contribution in [0.1, 0.15) is 6.92 Å². The number of nitrogens with zero attached hydrogens (tertiary/aromatic N) is 3. The number of amides is 1. The van der Waals surface area contributed by atoms with E-state index in [1.165, 1.54) is 0 Å². The molecule has 27 heavy (non-hydrogen) atoms. The van der Waals surface area contributed by atoms with Crippen molar-refractivity contribution in [1.29, 1.82) is 0 Å². The molecule has 0 saturated carbocycles. The van der Waals surface area contributed by atoms with Crippen LogP contribution in [0.15, 0.2) is 0 Å². The van der Waals surface area contributed by atoms with Crippen LogP contribution in [-0.2, 0) is 23.3 Å². The van der Waals surface area contributed by atoms with Gasteiger partial charge in [-0.2, -0.15) is 0 Å². The third-order valence-electron chi connectivity index (χ3n) is 4.47. The van der Waals surface area contributed by atoms with Gasteiger partial charge in [-0.25, -0.2) is 14.1 Å². The molecule has 0 bridgehead atoms. The van der Waals surface area contributed by atoms with Crippen LogP contribution in [0.4, 0.5) is 4.79 Å². The highest BCUT2D eigenvalue weighted by molar-refractivity contribution is 7.54. The summed E-state index contributed by atoms with van der Waals surface area (Å²) in [6.07, 6.45) is -0.389. The summed E-state index contributed by atoms with van der Waals surface area (Å²) in [5.74, 6) is 0.358. The molecule has 0 aromatic rings. The summed E-state index contributed by atoms with van der Waals surface area (Å²) in [5.41, 5.74) is 0. The van der Waals surface area contributed by atoms with Gasteiger partial charge in [0.15, 0.2) is 0 Å². The van der Waals surface area contributed by atoms with E-state index in [9.17, 15) is 9.36 Å². The van der Waals surface area contributed by atoms with Crippen LogP contribution >= 0.6 is 7.67 Å². The molecule has 2 unspecified atom stereocenters. The highest BCUT2D eigenvalue weighted by Gasteiger charge is 2.42. The van der Waals surface area contributed by atoms with Gasteiger partial charge in [-0.3, -0.25) is 4.57 Å². The lowest BCUT2D eigenvalue weighted by Gasteiger charge is -2.44. The highest BCUT2D eigenvalue weighted by atomic mass is 31.2. The zero-order chi connectivity index (χ0) is 19.7. The summed E-state index contributed by atoms with van der Waals surface area (Å²) in [5, 5.41) is 8.56. The average Bonchev–Trinajstić information content (AvgIpc) is 2.67. The van der Waals surface area contributed by atoms with E-state index in [0.717, 1.165) is 6.54 Å². The second-order valence-corrected chi connectivity index (χ2v) is 9.22. The van der Waals surface area contributed by atoms with Crippen molar-refractivity contribution >= 4 is 13.8 Å². The first kappa shape index (κ1) is 22.5. The largest absolute Gasteiger partial charge is 0.447 e. The molecule has 2 aliphatic rings. The Morgan fingerprint density at radius 2 is 1.74 bits per heavy atom. The number of hydrogen-bond donors (Lipinski definition) is 1. The van der Waals surface area contributed by atoms with Crippen molar-refractivity contribution in [3.8, 4) is 0 Å². The molecule has 0 aromatic heterocycles. The number of aliphatic hydroxyl groups is 1. The lowest BCUT2D eigenvalue weighted by molar-refractivity contribution is 0.0125. The summed E-state index contributed by atoms with van der Waals surface area (Å²) in [6.45, 7) is 6.70. The Labute approximate surface area is 160 Å². The fourth-order valence-electron chi connectivity index (χ4n) is 3.02. The standard InChI is InChI=1S/C16H32N3O7P/c1-15-13-17(2)27(22,26-14-15)19-5-3-18(4-6-19)16(21)25-12-11-24-10-9-23-8-7-20/h15,20H,3-14H2,1-2H3. The average molecular weight is 409 g/mol. The van der Waals surface area contributed by atoms with Gasteiger partial charge < -0.3 is 28.7 Å². The number of hydrogen-bond acceptors (Lipinski definition) is 7. The highest BCUT2D eigenvalue weighted by Crippen LogP contribution is 2.56. The van der Waals surface area contributed by atoms with Crippen molar-refractivity contribution in [3.63, 3.8) is 0 Å². The smallest absolute Gasteiger partial charge is 0.409 e. The van der Waals surface area contributed by atoms with Crippen LogP contribution in [0.25, 0.3) is 0 Å². The minimum atomic E-state index is -2.98. The van der Waals surface area contributed by atoms with Gasteiger partial charge in [-0.1, -0.05) is 6.92 Å². The van der Waals surface area contributed by atoms with Crippen molar-refractivity contribution in [1.82, 2.24) is 14.2 Å². The molecule has 158 valence electrons. The molecule has 1 N–H and O–H groups in total. The van der Waals surface area contributed by atoms with Crippen LogP contribution in [-0.4, -0.2) is 111 Å². The van der Waals surface area contributed by atoms with Crippen LogP contribution < -0.4 is 0 Å². The number of rotatable bonds is 9. The zero-order valence-corrected chi connectivity index (χ0v) is 17.1. The van der Waals surface area contributed by atoms with Crippen LogP contribution in [0.2, 0.25) is 0 Å². The predicted octanol–water partition coefficient (Wildman–Crippen LogP) is 0.472. The van der Waals surface area contributed by atoms with E-state index in [1.54, 1.807) is 9.57 Å². The van der Waals surface area contributed by atoms with Gasteiger partial charge in [0.05, 0.1) is 39.6 Å². The van der Waals surface area contributed by atoms with Crippen LogP contribution in [0, 0.1) is 5.92 Å².